The van der Waals surface area contributed by atoms with Crippen LogP contribution in [0.3, 0.4) is 0 Å². The predicted octanol–water partition coefficient (Wildman–Crippen LogP) is 2.56. The third-order valence-electron chi connectivity index (χ3n) is 10.5. The van der Waals surface area contributed by atoms with Crippen LogP contribution in [0.25, 0.3) is 0 Å². The van der Waals surface area contributed by atoms with Crippen LogP contribution >= 0.6 is 0 Å². The van der Waals surface area contributed by atoms with Crippen LogP contribution in [0.5, 0.6) is 11.5 Å². The molecule has 2 aliphatic heterocycles. The first-order valence-electron chi connectivity index (χ1n) is 20.7. The number of carbonyl (C=O) groups excluding carboxylic acids is 2. The van der Waals surface area contributed by atoms with Crippen LogP contribution in [-0.4, -0.2) is 156 Å². The third-order valence-corrected chi connectivity index (χ3v) is 16.3. The molecule has 0 aromatic heterocycles. The normalized spacial score (nSPS) is 15.4. The fourth-order valence-corrected chi connectivity index (χ4v) is 11.8. The second kappa shape index (κ2) is 22.5. The van der Waals surface area contributed by atoms with Gasteiger partial charge in [-0.2, -0.15) is 25.4 Å². The molecule has 2 saturated heterocycles. The van der Waals surface area contributed by atoms with Gasteiger partial charge in [-0.1, -0.05) is 12.1 Å². The zero-order valence-corrected chi connectivity index (χ0v) is 40.0. The summed E-state index contributed by atoms with van der Waals surface area (Å²) in [6.07, 6.45) is -0.464. The van der Waals surface area contributed by atoms with E-state index in [4.69, 9.17) is 28.4 Å². The number of nitrogens with zero attached hydrogens (tertiary/aromatic N) is 2. The maximum absolute atomic E-state index is 13.7. The second-order valence-electron chi connectivity index (χ2n) is 15.0. The summed E-state index contributed by atoms with van der Waals surface area (Å²) >= 11 is 0. The monoisotopic (exact) mass is 1030 g/mol. The first kappa shape index (κ1) is 52.3. The highest BCUT2D eigenvalue weighted by molar-refractivity contribution is 7.89. The average molecular weight is 1030 g/mol. The molecule has 22 nitrogen and oxygen atoms in total. The van der Waals surface area contributed by atoms with Crippen LogP contribution in [0.15, 0.2) is 92.4 Å². The molecule has 4 N–H and O–H groups in total. The van der Waals surface area contributed by atoms with E-state index in [1.165, 1.54) is 71.4 Å². The Morgan fingerprint density at radius 2 is 0.897 bits per heavy atom. The number of hydrogen-bond donors (Lipinski definition) is 4. The molecule has 2 fully saturated rings. The van der Waals surface area contributed by atoms with Crippen LogP contribution in [0.4, 0.5) is 11.4 Å². The van der Waals surface area contributed by atoms with Crippen molar-refractivity contribution in [1.82, 2.24) is 8.61 Å². The molecule has 0 atom stereocenters. The lowest BCUT2D eigenvalue weighted by Gasteiger charge is -2.27. The van der Waals surface area contributed by atoms with Gasteiger partial charge in [-0.3, -0.25) is 18.7 Å². The zero-order valence-electron chi connectivity index (χ0n) is 36.8. The summed E-state index contributed by atoms with van der Waals surface area (Å²) < 4.78 is 160. The van der Waals surface area contributed by atoms with Gasteiger partial charge < -0.3 is 39.1 Å². The van der Waals surface area contributed by atoms with Crippen molar-refractivity contribution in [3.8, 4) is 11.5 Å². The van der Waals surface area contributed by atoms with Crippen molar-refractivity contribution in [3.63, 3.8) is 0 Å². The van der Waals surface area contributed by atoms with Gasteiger partial charge in [0.05, 0.1) is 49.4 Å². The molecule has 0 bridgehead atoms. The van der Waals surface area contributed by atoms with Gasteiger partial charge in [-0.15, -0.1) is 0 Å². The van der Waals surface area contributed by atoms with Crippen LogP contribution in [0.2, 0.25) is 0 Å². The number of rotatable bonds is 21. The van der Waals surface area contributed by atoms with Crippen LogP contribution in [0.1, 0.15) is 31.8 Å². The summed E-state index contributed by atoms with van der Waals surface area (Å²) in [6, 6.07) is 14.6. The number of ether oxygens (including phenoxy) is 6. The van der Waals surface area contributed by atoms with Gasteiger partial charge in [0.1, 0.15) is 34.5 Å². The van der Waals surface area contributed by atoms with E-state index in [2.05, 4.69) is 10.6 Å². The lowest BCUT2D eigenvalue weighted by Crippen LogP contribution is -2.40. The Hall–Kier alpha value is -5.10. The van der Waals surface area contributed by atoms with Crippen LogP contribution in [0, 0.1) is 0 Å². The molecule has 2 heterocycles. The summed E-state index contributed by atoms with van der Waals surface area (Å²) in [6.45, 7) is 1.26. The molecule has 2 aliphatic rings. The molecule has 68 heavy (non-hydrogen) atoms. The van der Waals surface area contributed by atoms with Gasteiger partial charge in [-0.05, 0) is 84.6 Å². The summed E-state index contributed by atoms with van der Waals surface area (Å²) in [4.78, 5) is 25.2. The minimum absolute atomic E-state index is 0.0105. The fourth-order valence-electron chi connectivity index (χ4n) is 7.10. The van der Waals surface area contributed by atoms with E-state index < -0.39 is 61.9 Å². The summed E-state index contributed by atoms with van der Waals surface area (Å²) in [5.74, 6) is -1.74. The first-order chi connectivity index (χ1) is 32.2. The van der Waals surface area contributed by atoms with E-state index in [1.807, 2.05) is 0 Å². The Balaban J connectivity index is 1.21. The van der Waals surface area contributed by atoms with Crippen molar-refractivity contribution in [2.24, 2.45) is 0 Å². The molecular formula is C42H50N4O18S4. The predicted molar refractivity (Wildman–Crippen MR) is 243 cm³/mol. The number of amides is 2. The van der Waals surface area contributed by atoms with Gasteiger partial charge in [-0.25, -0.2) is 16.8 Å². The molecule has 0 unspecified atom stereocenters. The van der Waals surface area contributed by atoms with E-state index in [0.717, 1.165) is 24.3 Å². The number of carbonyl (C=O) groups is 2. The molecule has 370 valence electrons. The first-order valence-corrected chi connectivity index (χ1v) is 26.5. The van der Waals surface area contributed by atoms with Gasteiger partial charge in [0, 0.05) is 62.9 Å². The number of sulfonamides is 2. The maximum Gasteiger partial charge on any atom is 0.294 e. The quantitative estimate of drug-likeness (QED) is 0.0689. The number of hydrogen-bond acceptors (Lipinski definition) is 16. The molecule has 0 radical (unpaired) electrons. The molecule has 0 aliphatic carbocycles. The van der Waals surface area contributed by atoms with E-state index in [-0.39, 0.29) is 147 Å². The molecule has 2 amide bonds. The van der Waals surface area contributed by atoms with Crippen LogP contribution in [-0.2, 0) is 72.1 Å². The lowest BCUT2D eigenvalue weighted by atomic mass is 10.0. The van der Waals surface area contributed by atoms with Gasteiger partial charge in [0.2, 0.25) is 20.0 Å². The van der Waals surface area contributed by atoms with Gasteiger partial charge in [0.25, 0.3) is 32.1 Å². The lowest BCUT2D eigenvalue weighted by molar-refractivity contribution is 0.0729. The number of methoxy groups -OCH3 is 2. The highest BCUT2D eigenvalue weighted by Crippen LogP contribution is 2.32. The van der Waals surface area contributed by atoms with Crippen molar-refractivity contribution in [2.45, 2.75) is 32.4 Å². The number of anilines is 2. The van der Waals surface area contributed by atoms with Gasteiger partial charge in [0.15, 0.2) is 0 Å². The van der Waals surface area contributed by atoms with Gasteiger partial charge >= 0.3 is 0 Å². The summed E-state index contributed by atoms with van der Waals surface area (Å²) in [5, 5.41) is 5.01. The van der Waals surface area contributed by atoms with Crippen molar-refractivity contribution < 1.29 is 80.8 Å². The second-order valence-corrected chi connectivity index (χ2v) is 21.6. The van der Waals surface area contributed by atoms with E-state index in [1.54, 1.807) is 0 Å². The number of aryl methyl sites for hydroxylation is 2. The van der Waals surface area contributed by atoms with E-state index in [9.17, 15) is 52.4 Å². The number of nitrogens with one attached hydrogen (secondary N) is 2. The standard InChI is InChI=1S/C42H50N4O18S4/c1-59-21-23-63-35-11-7-31(25-39(35)65(49,50)45-13-17-61-18-14-45)41(47)43-33-9-5-29(37(27-33)67(53,54)55)3-4-30-6-10-34(28-38(30)68(56,57)58)44-42(48)32-8-12-36(64-24-22-60-2)40(26-32)66(51,52)46-15-19-62-20-16-46/h5-12,25-28H,3-4,13-24H2,1-2H3,(H,43,47)(H,44,48)(H,53,54,55)(H,56,57,58). The van der Waals surface area contributed by atoms with Crippen molar-refractivity contribution in [2.75, 3.05) is 104 Å². The molecule has 6 rings (SSSR count). The number of benzene rings is 4. The Morgan fingerprint density at radius 3 is 1.24 bits per heavy atom. The highest BCUT2D eigenvalue weighted by atomic mass is 32.2. The Morgan fingerprint density at radius 1 is 0.529 bits per heavy atom. The summed E-state index contributed by atoms with van der Waals surface area (Å²) in [5.41, 5.74) is -0.512. The Bertz CT molecular complexity index is 2740. The molecule has 0 spiro atoms. The minimum Gasteiger partial charge on any atom is -0.490 e. The topological polar surface area (TPSA) is 297 Å². The molecule has 4 aromatic carbocycles. The third kappa shape index (κ3) is 12.9. The number of morpholine rings is 2. The fraction of sp³-hybridized carbons (Fsp3) is 0.381. The molecule has 0 saturated carbocycles. The highest BCUT2D eigenvalue weighted by Gasteiger charge is 2.32. The zero-order chi connectivity index (χ0) is 49.3. The van der Waals surface area contributed by atoms with Crippen molar-refractivity contribution in [3.05, 3.63) is 95.1 Å². The SMILES string of the molecule is COCCOc1ccc(C(=O)Nc2ccc(CCc3ccc(NC(=O)c4ccc(OCCOC)c(S(=O)(=O)N5CCOCC5)c4)cc3S(=O)(=O)O)c(S(=O)(=O)O)c2)cc1S(=O)(=O)N1CCOCC1. The maximum atomic E-state index is 13.7. The Labute approximate surface area is 394 Å². The Kier molecular flexibility index (Phi) is 17.3. The smallest absolute Gasteiger partial charge is 0.294 e. The van der Waals surface area contributed by atoms with E-state index >= 15 is 0 Å². The minimum atomic E-state index is -4.98. The average Bonchev–Trinajstić information content (AvgIpc) is 3.31. The molecular weight excluding hydrogens is 977 g/mol. The van der Waals surface area contributed by atoms with Crippen molar-refractivity contribution >= 4 is 63.5 Å². The van der Waals surface area contributed by atoms with E-state index in [0.29, 0.717) is 0 Å². The summed E-state index contributed by atoms with van der Waals surface area (Å²) in [7, 11) is -15.4. The van der Waals surface area contributed by atoms with Crippen molar-refractivity contribution in [1.29, 1.82) is 0 Å². The molecule has 26 heteroatoms. The largest absolute Gasteiger partial charge is 0.490 e. The molecule has 4 aromatic rings. The van der Waals surface area contributed by atoms with Crippen LogP contribution < -0.4 is 20.1 Å².